The molecule has 0 saturated carbocycles. The largest absolute Gasteiger partial charge is 0.496 e. The van der Waals surface area contributed by atoms with Crippen LogP contribution < -0.4 is 18.9 Å². The van der Waals surface area contributed by atoms with E-state index >= 15 is 0 Å². The molecule has 1 aromatic heterocycles. The molecule has 0 spiro atoms. The molecule has 2 aromatic carbocycles. The SMILES string of the molecule is CCc1c(OC)cc([C@@H](O)[C@H](CC2Oc3ccccc3O2)Cn2ccc(C(=O)O)n2)cc1OC. The molecule has 2 heterocycles. The maximum absolute atomic E-state index is 11.5. The highest BCUT2D eigenvalue weighted by Crippen LogP contribution is 2.40. The van der Waals surface area contributed by atoms with E-state index in [-0.39, 0.29) is 12.2 Å². The number of hydrogen-bond acceptors (Lipinski definition) is 7. The van der Waals surface area contributed by atoms with E-state index in [1.54, 1.807) is 32.5 Å². The number of nitrogens with zero attached hydrogens (tertiary/aromatic N) is 2. The number of carboxylic acid groups (broad SMARTS) is 1. The summed E-state index contributed by atoms with van der Waals surface area (Å²) >= 11 is 0. The summed E-state index contributed by atoms with van der Waals surface area (Å²) in [6, 6.07) is 12.4. The summed E-state index contributed by atoms with van der Waals surface area (Å²) in [5, 5.41) is 24.8. The number of rotatable bonds is 10. The third kappa shape index (κ3) is 4.79. The van der Waals surface area contributed by atoms with Crippen LogP contribution in [0, 0.1) is 5.92 Å². The predicted molar refractivity (Wildman–Crippen MR) is 123 cm³/mol. The molecule has 4 rings (SSSR count). The fourth-order valence-corrected chi connectivity index (χ4v) is 4.21. The van der Waals surface area contributed by atoms with Crippen molar-refractivity contribution >= 4 is 5.97 Å². The number of methoxy groups -OCH3 is 2. The first kappa shape index (κ1) is 23.4. The molecule has 0 saturated heterocycles. The van der Waals surface area contributed by atoms with Crippen molar-refractivity contribution in [2.75, 3.05) is 14.2 Å². The molecule has 0 fully saturated rings. The number of aromatic carboxylic acids is 1. The average Bonchev–Trinajstić information content (AvgIpc) is 3.48. The summed E-state index contributed by atoms with van der Waals surface area (Å²) in [5.74, 6) is 0.999. The van der Waals surface area contributed by atoms with Gasteiger partial charge >= 0.3 is 5.97 Å². The highest BCUT2D eigenvalue weighted by Gasteiger charge is 2.32. The Morgan fingerprint density at radius 1 is 1.12 bits per heavy atom. The van der Waals surface area contributed by atoms with Gasteiger partial charge in [0, 0.05) is 30.6 Å². The molecule has 0 aliphatic carbocycles. The van der Waals surface area contributed by atoms with E-state index in [0.29, 0.717) is 41.4 Å². The van der Waals surface area contributed by atoms with Crippen LogP contribution in [0.2, 0.25) is 0 Å². The van der Waals surface area contributed by atoms with Gasteiger partial charge in [-0.25, -0.2) is 4.79 Å². The van der Waals surface area contributed by atoms with Gasteiger partial charge in [-0.2, -0.15) is 5.10 Å². The molecule has 1 aliphatic heterocycles. The number of hydrogen-bond donors (Lipinski definition) is 2. The van der Waals surface area contributed by atoms with Crippen LogP contribution in [0.3, 0.4) is 0 Å². The van der Waals surface area contributed by atoms with Gasteiger partial charge in [-0.3, -0.25) is 4.68 Å². The standard InChI is InChI=1S/C25H28N2O7/c1-4-17-21(31-2)11-15(12-22(17)32-3)24(28)16(14-27-10-9-18(26-27)25(29)30)13-23-33-19-7-5-6-8-20(19)34-23/h5-12,16,23-24,28H,4,13-14H2,1-3H3,(H,29,30)/t16-,24-/m1/s1. The molecule has 9 heteroatoms. The molecule has 2 atom stereocenters. The Labute approximate surface area is 197 Å². The third-order valence-electron chi connectivity index (χ3n) is 5.91. The van der Waals surface area contributed by atoms with Gasteiger partial charge in [-0.1, -0.05) is 19.1 Å². The number of aliphatic hydroxyl groups is 1. The second-order valence-electron chi connectivity index (χ2n) is 8.04. The number of carbonyl (C=O) groups is 1. The first-order chi connectivity index (χ1) is 16.4. The Hall–Kier alpha value is -3.72. The van der Waals surface area contributed by atoms with Crippen molar-refractivity contribution in [3.63, 3.8) is 0 Å². The monoisotopic (exact) mass is 468 g/mol. The summed E-state index contributed by atoms with van der Waals surface area (Å²) in [4.78, 5) is 11.3. The second-order valence-corrected chi connectivity index (χ2v) is 8.04. The molecule has 180 valence electrons. The lowest BCUT2D eigenvalue weighted by Crippen LogP contribution is -2.28. The second kappa shape index (κ2) is 10.0. The molecule has 0 radical (unpaired) electrons. The maximum Gasteiger partial charge on any atom is 0.356 e. The van der Waals surface area contributed by atoms with Crippen molar-refractivity contribution in [1.82, 2.24) is 9.78 Å². The van der Waals surface area contributed by atoms with E-state index in [2.05, 4.69) is 5.10 Å². The van der Waals surface area contributed by atoms with Crippen LogP contribution in [0.4, 0.5) is 0 Å². The van der Waals surface area contributed by atoms with Gasteiger partial charge in [0.25, 0.3) is 0 Å². The van der Waals surface area contributed by atoms with E-state index in [9.17, 15) is 15.0 Å². The van der Waals surface area contributed by atoms with Gasteiger partial charge in [0.2, 0.25) is 6.29 Å². The minimum absolute atomic E-state index is 0.0651. The Morgan fingerprint density at radius 2 is 1.74 bits per heavy atom. The quantitative estimate of drug-likeness (QED) is 0.463. The summed E-state index contributed by atoms with van der Waals surface area (Å²) in [5.41, 5.74) is 1.45. The molecular formula is C25H28N2O7. The number of para-hydroxylation sites is 2. The smallest absolute Gasteiger partial charge is 0.356 e. The zero-order valence-corrected chi connectivity index (χ0v) is 19.3. The third-order valence-corrected chi connectivity index (χ3v) is 5.91. The van der Waals surface area contributed by atoms with Crippen molar-refractivity contribution in [2.45, 2.75) is 38.7 Å². The molecule has 2 N–H and O–H groups in total. The van der Waals surface area contributed by atoms with Gasteiger partial charge in [0.15, 0.2) is 17.2 Å². The number of aliphatic hydroxyl groups excluding tert-OH is 1. The highest BCUT2D eigenvalue weighted by molar-refractivity contribution is 5.85. The topological polar surface area (TPSA) is 112 Å². The van der Waals surface area contributed by atoms with Gasteiger partial charge in [-0.15, -0.1) is 0 Å². The fraction of sp³-hybridized carbons (Fsp3) is 0.360. The lowest BCUT2D eigenvalue weighted by Gasteiger charge is -2.26. The Kier molecular flexibility index (Phi) is 6.93. The molecule has 9 nitrogen and oxygen atoms in total. The fourth-order valence-electron chi connectivity index (χ4n) is 4.21. The number of ether oxygens (including phenoxy) is 4. The molecule has 0 amide bonds. The first-order valence-corrected chi connectivity index (χ1v) is 11.0. The Morgan fingerprint density at radius 3 is 2.24 bits per heavy atom. The van der Waals surface area contributed by atoms with E-state index < -0.39 is 24.3 Å². The number of carboxylic acids is 1. The number of aromatic nitrogens is 2. The van der Waals surface area contributed by atoms with Crippen LogP contribution in [-0.4, -0.2) is 46.5 Å². The van der Waals surface area contributed by atoms with Crippen molar-refractivity contribution in [2.24, 2.45) is 5.92 Å². The minimum Gasteiger partial charge on any atom is -0.496 e. The van der Waals surface area contributed by atoms with E-state index in [1.165, 1.54) is 10.7 Å². The van der Waals surface area contributed by atoms with Crippen molar-refractivity contribution in [1.29, 1.82) is 0 Å². The van der Waals surface area contributed by atoms with Crippen LogP contribution in [-0.2, 0) is 13.0 Å². The molecular weight excluding hydrogens is 440 g/mol. The average molecular weight is 469 g/mol. The Balaban J connectivity index is 1.63. The summed E-state index contributed by atoms with van der Waals surface area (Å²) in [6.07, 6.45) is 1.06. The van der Waals surface area contributed by atoms with Gasteiger partial charge in [0.05, 0.1) is 20.3 Å². The van der Waals surface area contributed by atoms with Crippen LogP contribution in [0.1, 0.15) is 41.1 Å². The van der Waals surface area contributed by atoms with Gasteiger partial charge < -0.3 is 29.2 Å². The van der Waals surface area contributed by atoms with E-state index in [4.69, 9.17) is 18.9 Å². The lowest BCUT2D eigenvalue weighted by molar-refractivity contribution is -0.00793. The zero-order chi connectivity index (χ0) is 24.2. The van der Waals surface area contributed by atoms with Gasteiger partial charge in [0.1, 0.15) is 11.5 Å². The molecule has 3 aromatic rings. The van der Waals surface area contributed by atoms with Crippen LogP contribution in [0.15, 0.2) is 48.7 Å². The Bertz CT molecular complexity index is 1110. The molecule has 1 aliphatic rings. The lowest BCUT2D eigenvalue weighted by atomic mass is 9.91. The van der Waals surface area contributed by atoms with Crippen molar-refractivity contribution in [3.05, 3.63) is 65.5 Å². The van der Waals surface area contributed by atoms with Crippen LogP contribution in [0.25, 0.3) is 0 Å². The van der Waals surface area contributed by atoms with Crippen molar-refractivity contribution in [3.8, 4) is 23.0 Å². The van der Waals surface area contributed by atoms with E-state index in [1.807, 2.05) is 31.2 Å². The zero-order valence-electron chi connectivity index (χ0n) is 19.3. The summed E-state index contributed by atoms with van der Waals surface area (Å²) in [7, 11) is 3.16. The number of benzene rings is 2. The molecule has 0 unspecified atom stereocenters. The predicted octanol–water partition coefficient (Wildman–Crippen LogP) is 3.70. The van der Waals surface area contributed by atoms with Gasteiger partial charge in [-0.05, 0) is 42.3 Å². The normalized spacial score (nSPS) is 14.6. The molecule has 0 bridgehead atoms. The highest BCUT2D eigenvalue weighted by atomic mass is 16.7. The summed E-state index contributed by atoms with van der Waals surface area (Å²) < 4.78 is 24.5. The number of fused-ring (bicyclic) bond motifs is 1. The van der Waals surface area contributed by atoms with Crippen molar-refractivity contribution < 1.29 is 34.0 Å². The van der Waals surface area contributed by atoms with Crippen LogP contribution in [0.5, 0.6) is 23.0 Å². The maximum atomic E-state index is 11.5. The van der Waals surface area contributed by atoms with E-state index in [0.717, 1.165) is 5.56 Å². The first-order valence-electron chi connectivity index (χ1n) is 11.0. The minimum atomic E-state index is -1.11. The summed E-state index contributed by atoms with van der Waals surface area (Å²) in [6.45, 7) is 2.25. The molecule has 34 heavy (non-hydrogen) atoms. The van der Waals surface area contributed by atoms with Crippen LogP contribution >= 0.6 is 0 Å².